The summed E-state index contributed by atoms with van der Waals surface area (Å²) in [7, 11) is 1.39. The Labute approximate surface area is 169 Å². The maximum absolute atomic E-state index is 12.5. The normalized spacial score (nSPS) is 18.8. The van der Waals surface area contributed by atoms with Crippen LogP contribution in [0.4, 0.5) is 0 Å². The summed E-state index contributed by atoms with van der Waals surface area (Å²) in [6.07, 6.45) is 4.73. The monoisotopic (exact) mass is 402 g/mol. The van der Waals surface area contributed by atoms with Crippen LogP contribution < -0.4 is 4.74 Å². The second-order valence-electron chi connectivity index (χ2n) is 7.54. The lowest BCUT2D eigenvalue weighted by atomic mass is 10.00. The van der Waals surface area contributed by atoms with E-state index < -0.39 is 10.0 Å². The van der Waals surface area contributed by atoms with Crippen LogP contribution in [0.3, 0.4) is 0 Å². The summed E-state index contributed by atoms with van der Waals surface area (Å²) in [5.74, 6) is 0.866. The second kappa shape index (κ2) is 9.07. The number of hydrogen-bond acceptors (Lipinski definition) is 4. The van der Waals surface area contributed by atoms with Crippen LogP contribution in [-0.4, -0.2) is 45.4 Å². The first-order chi connectivity index (χ1) is 13.4. The van der Waals surface area contributed by atoms with Crippen molar-refractivity contribution in [3.05, 3.63) is 59.7 Å². The van der Waals surface area contributed by atoms with Crippen molar-refractivity contribution in [1.29, 1.82) is 0 Å². The van der Waals surface area contributed by atoms with E-state index in [-0.39, 0.29) is 0 Å². The summed E-state index contributed by atoms with van der Waals surface area (Å²) in [5.41, 5.74) is 2.32. The third-order valence-electron chi connectivity index (χ3n) is 5.43. The van der Waals surface area contributed by atoms with Gasteiger partial charge in [-0.15, -0.1) is 0 Å². The Bertz CT molecular complexity index is 879. The molecule has 0 aromatic heterocycles. The van der Waals surface area contributed by atoms with Crippen molar-refractivity contribution in [2.24, 2.45) is 0 Å². The SMILES string of the molecule is COc1ccc(C2CCCCCN2Cc2cccc(S(=O)(=O)N(C)C)c2)cc1. The predicted octanol–water partition coefficient (Wildman–Crippen LogP) is 4.06. The molecule has 1 unspecified atom stereocenters. The van der Waals surface area contributed by atoms with E-state index in [2.05, 4.69) is 17.0 Å². The number of nitrogens with zero attached hydrogens (tertiary/aromatic N) is 2. The molecule has 6 heteroatoms. The third kappa shape index (κ3) is 4.74. The lowest BCUT2D eigenvalue weighted by Gasteiger charge is -2.30. The van der Waals surface area contributed by atoms with Crippen LogP contribution in [0.15, 0.2) is 53.4 Å². The van der Waals surface area contributed by atoms with Crippen molar-refractivity contribution in [3.8, 4) is 5.75 Å². The quantitative estimate of drug-likeness (QED) is 0.731. The molecule has 3 rings (SSSR count). The van der Waals surface area contributed by atoms with Gasteiger partial charge in [0, 0.05) is 26.7 Å². The number of methoxy groups -OCH3 is 1. The van der Waals surface area contributed by atoms with Crippen LogP contribution in [0.25, 0.3) is 0 Å². The zero-order valence-electron chi connectivity index (χ0n) is 17.0. The van der Waals surface area contributed by atoms with E-state index in [9.17, 15) is 8.42 Å². The summed E-state index contributed by atoms with van der Waals surface area (Å²) in [6.45, 7) is 1.76. The summed E-state index contributed by atoms with van der Waals surface area (Å²) in [6, 6.07) is 16.0. The van der Waals surface area contributed by atoms with Crippen molar-refractivity contribution in [1.82, 2.24) is 9.21 Å². The Morgan fingerprint density at radius 2 is 1.82 bits per heavy atom. The highest BCUT2D eigenvalue weighted by molar-refractivity contribution is 7.89. The first-order valence-corrected chi connectivity index (χ1v) is 11.3. The van der Waals surface area contributed by atoms with E-state index >= 15 is 0 Å². The van der Waals surface area contributed by atoms with Gasteiger partial charge in [-0.1, -0.05) is 37.1 Å². The van der Waals surface area contributed by atoms with Crippen LogP contribution >= 0.6 is 0 Å². The van der Waals surface area contributed by atoms with Crippen molar-refractivity contribution >= 4 is 10.0 Å². The van der Waals surface area contributed by atoms with Gasteiger partial charge >= 0.3 is 0 Å². The maximum Gasteiger partial charge on any atom is 0.242 e. The highest BCUT2D eigenvalue weighted by Crippen LogP contribution is 2.32. The fourth-order valence-corrected chi connectivity index (χ4v) is 4.78. The molecule has 1 heterocycles. The van der Waals surface area contributed by atoms with Gasteiger partial charge in [0.15, 0.2) is 0 Å². The molecular formula is C22H30N2O3S. The average Bonchev–Trinajstić information content (AvgIpc) is 2.93. The van der Waals surface area contributed by atoms with E-state index in [0.717, 1.165) is 30.8 Å². The van der Waals surface area contributed by atoms with Crippen molar-refractivity contribution in [3.63, 3.8) is 0 Å². The predicted molar refractivity (Wildman–Crippen MR) is 112 cm³/mol. The minimum Gasteiger partial charge on any atom is -0.497 e. The zero-order valence-corrected chi connectivity index (χ0v) is 17.8. The van der Waals surface area contributed by atoms with Gasteiger partial charge in [0.25, 0.3) is 0 Å². The van der Waals surface area contributed by atoms with Crippen LogP contribution in [0, 0.1) is 0 Å². The first kappa shape index (κ1) is 20.8. The van der Waals surface area contributed by atoms with Crippen molar-refractivity contribution in [2.45, 2.75) is 43.2 Å². The molecule has 1 saturated heterocycles. The van der Waals surface area contributed by atoms with E-state index in [4.69, 9.17) is 4.74 Å². The topological polar surface area (TPSA) is 49.9 Å². The van der Waals surface area contributed by atoms with E-state index in [1.165, 1.54) is 29.1 Å². The molecule has 152 valence electrons. The van der Waals surface area contributed by atoms with Crippen molar-refractivity contribution < 1.29 is 13.2 Å². The molecular weight excluding hydrogens is 372 g/mol. The van der Waals surface area contributed by atoms with Gasteiger partial charge < -0.3 is 4.74 Å². The smallest absolute Gasteiger partial charge is 0.242 e. The first-order valence-electron chi connectivity index (χ1n) is 9.81. The molecule has 1 fully saturated rings. The molecule has 0 bridgehead atoms. The summed E-state index contributed by atoms with van der Waals surface area (Å²) in [5, 5.41) is 0. The largest absolute Gasteiger partial charge is 0.497 e. The standard InChI is InChI=1S/C22H30N2O3S/c1-23(2)28(25,26)21-9-7-8-18(16-21)17-24-15-6-4-5-10-22(24)19-11-13-20(27-3)14-12-19/h7-9,11-14,16,22H,4-6,10,15,17H2,1-3H3. The molecule has 0 spiro atoms. The van der Waals surface area contributed by atoms with E-state index in [1.54, 1.807) is 27.3 Å². The molecule has 5 nitrogen and oxygen atoms in total. The lowest BCUT2D eigenvalue weighted by Crippen LogP contribution is -2.28. The van der Waals surface area contributed by atoms with E-state index in [1.807, 2.05) is 30.3 Å². The van der Waals surface area contributed by atoms with Gasteiger partial charge in [-0.25, -0.2) is 12.7 Å². The third-order valence-corrected chi connectivity index (χ3v) is 7.24. The molecule has 1 aliphatic rings. The maximum atomic E-state index is 12.5. The highest BCUT2D eigenvalue weighted by Gasteiger charge is 2.24. The van der Waals surface area contributed by atoms with E-state index in [0.29, 0.717) is 10.9 Å². The van der Waals surface area contributed by atoms with Crippen molar-refractivity contribution in [2.75, 3.05) is 27.7 Å². The molecule has 0 aliphatic carbocycles. The fraction of sp³-hybridized carbons (Fsp3) is 0.455. The molecule has 2 aromatic carbocycles. The number of likely N-dealkylation sites (tertiary alicyclic amines) is 1. The summed E-state index contributed by atoms with van der Waals surface area (Å²) < 4.78 is 31.5. The molecule has 0 amide bonds. The Morgan fingerprint density at radius 1 is 1.07 bits per heavy atom. The van der Waals surface area contributed by atoms with Gasteiger partial charge in [0.2, 0.25) is 10.0 Å². The molecule has 28 heavy (non-hydrogen) atoms. The van der Waals surface area contributed by atoms with Crippen LogP contribution in [0.1, 0.15) is 42.9 Å². The molecule has 1 atom stereocenters. The molecule has 0 saturated carbocycles. The average molecular weight is 403 g/mol. The van der Waals surface area contributed by atoms with Crippen LogP contribution in [-0.2, 0) is 16.6 Å². The highest BCUT2D eigenvalue weighted by atomic mass is 32.2. The van der Waals surface area contributed by atoms with Gasteiger partial charge in [-0.05, 0) is 54.8 Å². The van der Waals surface area contributed by atoms with Crippen LogP contribution in [0.2, 0.25) is 0 Å². The number of rotatable bonds is 6. The number of ether oxygens (including phenoxy) is 1. The molecule has 1 aliphatic heterocycles. The Hall–Kier alpha value is -1.89. The number of sulfonamides is 1. The van der Waals surface area contributed by atoms with Gasteiger partial charge in [-0.3, -0.25) is 4.90 Å². The second-order valence-corrected chi connectivity index (χ2v) is 9.70. The van der Waals surface area contributed by atoms with Crippen LogP contribution in [0.5, 0.6) is 5.75 Å². The number of hydrogen-bond donors (Lipinski definition) is 0. The minimum atomic E-state index is -3.42. The lowest BCUT2D eigenvalue weighted by molar-refractivity contribution is 0.192. The Morgan fingerprint density at radius 3 is 2.50 bits per heavy atom. The fourth-order valence-electron chi connectivity index (χ4n) is 3.81. The van der Waals surface area contributed by atoms with Gasteiger partial charge in [0.05, 0.1) is 12.0 Å². The molecule has 0 radical (unpaired) electrons. The minimum absolute atomic E-state index is 0.336. The summed E-state index contributed by atoms with van der Waals surface area (Å²) >= 11 is 0. The summed E-state index contributed by atoms with van der Waals surface area (Å²) in [4.78, 5) is 2.83. The molecule has 2 aromatic rings. The van der Waals surface area contributed by atoms with Gasteiger partial charge in [-0.2, -0.15) is 0 Å². The zero-order chi connectivity index (χ0) is 20.1. The molecule has 0 N–H and O–H groups in total. The number of benzene rings is 2. The Kier molecular flexibility index (Phi) is 6.75. The Balaban J connectivity index is 1.85. The van der Waals surface area contributed by atoms with Gasteiger partial charge in [0.1, 0.15) is 5.75 Å².